The molecular weight excluding hydrogens is 372 g/mol. The molecule has 28 heavy (non-hydrogen) atoms. The van der Waals surface area contributed by atoms with Gasteiger partial charge in [-0.15, -0.1) is 11.8 Å². The van der Waals surface area contributed by atoms with Gasteiger partial charge in [0.1, 0.15) is 18.1 Å². The number of rotatable bonds is 5. The molecule has 5 nitrogen and oxygen atoms in total. The van der Waals surface area contributed by atoms with E-state index in [1.54, 1.807) is 6.07 Å². The second-order valence-electron chi connectivity index (χ2n) is 6.79. The maximum absolute atomic E-state index is 13.0. The second-order valence-corrected chi connectivity index (χ2v) is 7.93. The largest absolute Gasteiger partial charge is 0.488 e. The first kappa shape index (κ1) is 18.6. The number of aryl methyl sites for hydroxylation is 2. The van der Waals surface area contributed by atoms with Gasteiger partial charge in [-0.2, -0.15) is 0 Å². The van der Waals surface area contributed by atoms with Crippen molar-refractivity contribution in [2.45, 2.75) is 37.8 Å². The van der Waals surface area contributed by atoms with Gasteiger partial charge in [0.05, 0.1) is 22.9 Å². The van der Waals surface area contributed by atoms with Crippen molar-refractivity contribution in [1.29, 1.82) is 0 Å². The van der Waals surface area contributed by atoms with Gasteiger partial charge in [0.15, 0.2) is 0 Å². The van der Waals surface area contributed by atoms with E-state index in [1.807, 2.05) is 55.9 Å². The number of para-hydroxylation sites is 1. The number of benzene rings is 2. The number of amides is 1. The van der Waals surface area contributed by atoms with Crippen molar-refractivity contribution in [3.8, 4) is 5.75 Å². The number of carbonyl (C=O) groups excluding carboxylic acids is 1. The van der Waals surface area contributed by atoms with Crippen LogP contribution in [0.25, 0.3) is 0 Å². The Balaban J connectivity index is 1.51. The highest BCUT2D eigenvalue weighted by Gasteiger charge is 2.23. The molecule has 1 unspecified atom stereocenters. The third kappa shape index (κ3) is 3.78. The monoisotopic (exact) mass is 394 g/mol. The van der Waals surface area contributed by atoms with Crippen molar-refractivity contribution in [3.63, 3.8) is 0 Å². The van der Waals surface area contributed by atoms with Gasteiger partial charge in [-0.25, -0.2) is 0 Å². The van der Waals surface area contributed by atoms with Crippen molar-refractivity contribution < 1.29 is 14.1 Å². The average Bonchev–Trinajstić information content (AvgIpc) is 3.04. The number of aromatic nitrogens is 1. The molecule has 1 aliphatic heterocycles. The highest BCUT2D eigenvalue weighted by atomic mass is 32.2. The van der Waals surface area contributed by atoms with Crippen LogP contribution in [-0.2, 0) is 6.61 Å². The molecule has 4 rings (SSSR count). The Kier molecular flexibility index (Phi) is 5.39. The van der Waals surface area contributed by atoms with Crippen LogP contribution < -0.4 is 10.1 Å². The third-order valence-corrected chi connectivity index (χ3v) is 6.07. The summed E-state index contributed by atoms with van der Waals surface area (Å²) in [6.07, 6.45) is 0.912. The first-order valence-electron chi connectivity index (χ1n) is 9.29. The van der Waals surface area contributed by atoms with E-state index in [4.69, 9.17) is 9.26 Å². The fourth-order valence-electron chi connectivity index (χ4n) is 3.37. The van der Waals surface area contributed by atoms with Gasteiger partial charge in [0, 0.05) is 10.6 Å². The van der Waals surface area contributed by atoms with Crippen LogP contribution >= 0.6 is 11.8 Å². The van der Waals surface area contributed by atoms with E-state index in [2.05, 4.69) is 22.6 Å². The number of carbonyl (C=O) groups is 1. The first-order valence-corrected chi connectivity index (χ1v) is 10.3. The summed E-state index contributed by atoms with van der Waals surface area (Å²) in [7, 11) is 0. The smallest absolute Gasteiger partial charge is 0.255 e. The summed E-state index contributed by atoms with van der Waals surface area (Å²) in [5.41, 5.74) is 3.43. The Morgan fingerprint density at radius 1 is 1.21 bits per heavy atom. The van der Waals surface area contributed by atoms with Gasteiger partial charge < -0.3 is 14.6 Å². The van der Waals surface area contributed by atoms with Crippen LogP contribution in [0, 0.1) is 13.8 Å². The Morgan fingerprint density at radius 2 is 2.00 bits per heavy atom. The lowest BCUT2D eigenvalue weighted by atomic mass is 10.0. The minimum Gasteiger partial charge on any atom is -0.488 e. The normalized spacial score (nSPS) is 15.7. The second kappa shape index (κ2) is 8.10. The molecule has 1 amide bonds. The number of fused-ring (bicyclic) bond motifs is 1. The minimum atomic E-state index is -0.124. The summed E-state index contributed by atoms with van der Waals surface area (Å²) in [5, 5.41) is 7.13. The average molecular weight is 394 g/mol. The number of ether oxygens (including phenoxy) is 1. The molecule has 0 fully saturated rings. The third-order valence-electron chi connectivity index (χ3n) is 4.95. The lowest BCUT2D eigenvalue weighted by Crippen LogP contribution is -2.31. The van der Waals surface area contributed by atoms with Crippen molar-refractivity contribution in [1.82, 2.24) is 10.5 Å². The molecule has 1 N–H and O–H groups in total. The molecule has 2 heterocycles. The summed E-state index contributed by atoms with van der Waals surface area (Å²) in [4.78, 5) is 14.2. The zero-order valence-electron chi connectivity index (χ0n) is 15.9. The molecular formula is C22H22N2O3S. The lowest BCUT2D eigenvalue weighted by Gasteiger charge is -2.26. The molecule has 1 atom stereocenters. The van der Waals surface area contributed by atoms with Crippen LogP contribution in [0.15, 0.2) is 57.9 Å². The van der Waals surface area contributed by atoms with E-state index < -0.39 is 0 Å². The zero-order valence-corrected chi connectivity index (χ0v) is 16.7. The zero-order chi connectivity index (χ0) is 19.5. The van der Waals surface area contributed by atoms with Gasteiger partial charge in [-0.1, -0.05) is 35.5 Å². The van der Waals surface area contributed by atoms with Crippen LogP contribution in [0.1, 0.15) is 45.4 Å². The maximum Gasteiger partial charge on any atom is 0.255 e. The highest BCUT2D eigenvalue weighted by molar-refractivity contribution is 7.99. The van der Waals surface area contributed by atoms with E-state index >= 15 is 0 Å². The van der Waals surface area contributed by atoms with Gasteiger partial charge >= 0.3 is 0 Å². The fraction of sp³-hybridized carbons (Fsp3) is 0.273. The predicted molar refractivity (Wildman–Crippen MR) is 109 cm³/mol. The van der Waals surface area contributed by atoms with Crippen molar-refractivity contribution in [2.24, 2.45) is 0 Å². The Hall–Kier alpha value is -2.73. The van der Waals surface area contributed by atoms with E-state index in [-0.39, 0.29) is 11.9 Å². The molecule has 0 saturated carbocycles. The van der Waals surface area contributed by atoms with Crippen LogP contribution in [-0.4, -0.2) is 16.8 Å². The minimum absolute atomic E-state index is 0.0144. The molecule has 1 aliphatic rings. The SMILES string of the molecule is Cc1noc(C)c1COc1ccccc1C(=O)NC1CCSc2ccccc21. The number of nitrogens with zero attached hydrogens (tertiary/aromatic N) is 1. The summed E-state index contributed by atoms with van der Waals surface area (Å²) >= 11 is 1.84. The molecule has 6 heteroatoms. The molecule has 0 radical (unpaired) electrons. The van der Waals surface area contributed by atoms with E-state index in [0.29, 0.717) is 17.9 Å². The molecule has 1 aromatic heterocycles. The fourth-order valence-corrected chi connectivity index (χ4v) is 4.49. The Bertz CT molecular complexity index is 979. The summed E-state index contributed by atoms with van der Waals surface area (Å²) in [5.74, 6) is 2.15. The first-order chi connectivity index (χ1) is 13.6. The van der Waals surface area contributed by atoms with Crippen LogP contribution in [0.4, 0.5) is 0 Å². The van der Waals surface area contributed by atoms with Crippen LogP contribution in [0.3, 0.4) is 0 Å². The number of hydrogen-bond donors (Lipinski definition) is 1. The number of hydrogen-bond acceptors (Lipinski definition) is 5. The summed E-state index contributed by atoms with van der Waals surface area (Å²) in [6.45, 7) is 4.05. The van der Waals surface area contributed by atoms with Crippen LogP contribution in [0.5, 0.6) is 5.75 Å². The predicted octanol–water partition coefficient (Wildman–Crippen LogP) is 4.84. The van der Waals surface area contributed by atoms with Crippen molar-refractivity contribution >= 4 is 17.7 Å². The van der Waals surface area contributed by atoms with E-state index in [0.717, 1.165) is 29.2 Å². The molecule has 0 spiro atoms. The molecule has 0 aliphatic carbocycles. The molecule has 144 valence electrons. The van der Waals surface area contributed by atoms with Gasteiger partial charge in [0.2, 0.25) is 0 Å². The maximum atomic E-state index is 13.0. The topological polar surface area (TPSA) is 64.4 Å². The number of thioether (sulfide) groups is 1. The van der Waals surface area contributed by atoms with E-state index in [9.17, 15) is 4.79 Å². The molecule has 0 saturated heterocycles. The summed E-state index contributed by atoms with van der Waals surface area (Å²) < 4.78 is 11.1. The van der Waals surface area contributed by atoms with Crippen LogP contribution in [0.2, 0.25) is 0 Å². The summed E-state index contributed by atoms with van der Waals surface area (Å²) in [6, 6.07) is 15.6. The van der Waals surface area contributed by atoms with Crippen molar-refractivity contribution in [3.05, 3.63) is 76.7 Å². The lowest BCUT2D eigenvalue weighted by molar-refractivity contribution is 0.0930. The number of nitrogens with one attached hydrogen (secondary N) is 1. The highest BCUT2D eigenvalue weighted by Crippen LogP contribution is 2.36. The molecule has 3 aromatic rings. The molecule has 0 bridgehead atoms. The van der Waals surface area contributed by atoms with Crippen molar-refractivity contribution in [2.75, 3.05) is 5.75 Å². The Morgan fingerprint density at radius 3 is 2.82 bits per heavy atom. The molecule has 2 aromatic carbocycles. The van der Waals surface area contributed by atoms with Gasteiger partial charge in [-0.05, 0) is 44.0 Å². The van der Waals surface area contributed by atoms with Gasteiger partial charge in [-0.3, -0.25) is 4.79 Å². The Labute approximate surface area is 168 Å². The van der Waals surface area contributed by atoms with E-state index in [1.165, 1.54) is 10.5 Å². The quantitative estimate of drug-likeness (QED) is 0.671. The standard InChI is InChI=1S/C22H22N2O3S/c1-14-18(15(2)27-24-14)13-26-20-9-5-3-8-17(20)22(25)23-19-11-12-28-21-10-6-4-7-16(19)21/h3-10,19H,11-13H2,1-2H3,(H,23,25). The van der Waals surface area contributed by atoms with Gasteiger partial charge in [0.25, 0.3) is 5.91 Å².